The van der Waals surface area contributed by atoms with E-state index in [1.165, 1.54) is 11.0 Å². The summed E-state index contributed by atoms with van der Waals surface area (Å²) in [5, 5.41) is 0. The van der Waals surface area contributed by atoms with Gasteiger partial charge in [0, 0.05) is 5.56 Å². The Labute approximate surface area is 113 Å². The number of piperidine rings is 1. The van der Waals surface area contributed by atoms with Crippen molar-refractivity contribution in [1.82, 2.24) is 0 Å². The Hall–Kier alpha value is -1.42. The maximum atomic E-state index is 13.1. The lowest BCUT2D eigenvalue weighted by molar-refractivity contribution is -0.921. The monoisotopic (exact) mass is 266 g/mol. The molecule has 0 amide bonds. The molecular formula is C15H21FNO2+. The molecule has 1 N–H and O–H groups in total. The van der Waals surface area contributed by atoms with Gasteiger partial charge in [-0.25, -0.2) is 4.39 Å². The average Bonchev–Trinajstić information content (AvgIpc) is 2.39. The predicted octanol–water partition coefficient (Wildman–Crippen LogP) is 1.18. The topological polar surface area (TPSA) is 30.7 Å². The first-order chi connectivity index (χ1) is 9.19. The number of hydrogen-bond acceptors (Lipinski definition) is 2. The lowest BCUT2D eigenvalue weighted by Gasteiger charge is -2.28. The molecule has 3 nitrogen and oxygen atoms in total. The van der Waals surface area contributed by atoms with Gasteiger partial charge in [0.15, 0.2) is 0 Å². The Balaban J connectivity index is 1.92. The maximum Gasteiger partial charge on any atom is 0.314 e. The molecule has 1 aliphatic rings. The molecule has 1 saturated heterocycles. The van der Waals surface area contributed by atoms with Crippen LogP contribution in [0.1, 0.15) is 25.3 Å². The molecular weight excluding hydrogens is 245 g/mol. The van der Waals surface area contributed by atoms with Gasteiger partial charge in [-0.05, 0) is 31.9 Å². The second kappa shape index (κ2) is 6.66. The minimum atomic E-state index is -0.198. The van der Waals surface area contributed by atoms with E-state index in [2.05, 4.69) is 0 Å². The number of carbonyl (C=O) groups excluding carboxylic acids is 1. The average molecular weight is 266 g/mol. The lowest BCUT2D eigenvalue weighted by Crippen LogP contribution is -3.12. The molecule has 0 aromatic heterocycles. The largest absolute Gasteiger partial charge is 0.466 e. The van der Waals surface area contributed by atoms with E-state index < -0.39 is 0 Å². The summed E-state index contributed by atoms with van der Waals surface area (Å²) >= 11 is 0. The van der Waals surface area contributed by atoms with E-state index in [9.17, 15) is 9.18 Å². The standard InChI is InChI=1S/C15H20FNO2/c1-2-19-15(18)13-6-4-8-17(11-13)10-12-5-3-7-14(16)9-12/h3,5,7,9,13H,2,4,6,8,10-11H2,1H3/p+1/t13-/m1/s1. The van der Waals surface area contributed by atoms with Crippen molar-refractivity contribution in [1.29, 1.82) is 0 Å². The molecule has 4 heteroatoms. The summed E-state index contributed by atoms with van der Waals surface area (Å²) in [6.45, 7) is 4.86. The van der Waals surface area contributed by atoms with Crippen molar-refractivity contribution in [2.75, 3.05) is 19.7 Å². The van der Waals surface area contributed by atoms with Crippen molar-refractivity contribution in [2.24, 2.45) is 5.92 Å². The van der Waals surface area contributed by atoms with Crippen LogP contribution in [0.4, 0.5) is 4.39 Å². The van der Waals surface area contributed by atoms with Gasteiger partial charge < -0.3 is 9.64 Å². The van der Waals surface area contributed by atoms with Gasteiger partial charge in [-0.2, -0.15) is 0 Å². The smallest absolute Gasteiger partial charge is 0.314 e. The molecule has 0 saturated carbocycles. The second-order valence-electron chi connectivity index (χ2n) is 5.10. The number of likely N-dealkylation sites (tertiary alicyclic amines) is 1. The van der Waals surface area contributed by atoms with Crippen molar-refractivity contribution in [3.05, 3.63) is 35.6 Å². The fourth-order valence-electron chi connectivity index (χ4n) is 2.71. The highest BCUT2D eigenvalue weighted by atomic mass is 19.1. The van der Waals surface area contributed by atoms with Crippen molar-refractivity contribution in [3.63, 3.8) is 0 Å². The van der Waals surface area contributed by atoms with Gasteiger partial charge in [0.2, 0.25) is 0 Å². The van der Waals surface area contributed by atoms with E-state index in [1.54, 1.807) is 12.1 Å². The summed E-state index contributed by atoms with van der Waals surface area (Å²) < 4.78 is 18.2. The number of benzene rings is 1. The summed E-state index contributed by atoms with van der Waals surface area (Å²) in [6.07, 6.45) is 1.93. The van der Waals surface area contributed by atoms with E-state index >= 15 is 0 Å². The van der Waals surface area contributed by atoms with E-state index in [0.29, 0.717) is 6.61 Å². The van der Waals surface area contributed by atoms with Gasteiger partial charge >= 0.3 is 5.97 Å². The number of carbonyl (C=O) groups is 1. The minimum absolute atomic E-state index is 0.00254. The van der Waals surface area contributed by atoms with Gasteiger partial charge in [-0.15, -0.1) is 0 Å². The van der Waals surface area contributed by atoms with Crippen molar-refractivity contribution < 1.29 is 18.8 Å². The molecule has 19 heavy (non-hydrogen) atoms. The number of halogens is 1. The van der Waals surface area contributed by atoms with Gasteiger partial charge in [0.05, 0.1) is 19.7 Å². The summed E-state index contributed by atoms with van der Waals surface area (Å²) in [6, 6.07) is 6.69. The summed E-state index contributed by atoms with van der Waals surface area (Å²) in [7, 11) is 0. The third-order valence-corrected chi connectivity index (χ3v) is 3.58. The quantitative estimate of drug-likeness (QED) is 0.830. The highest BCUT2D eigenvalue weighted by Crippen LogP contribution is 2.10. The molecule has 0 radical (unpaired) electrons. The lowest BCUT2D eigenvalue weighted by atomic mass is 9.98. The Bertz CT molecular complexity index is 436. The molecule has 1 aromatic rings. The van der Waals surface area contributed by atoms with Crippen molar-refractivity contribution >= 4 is 5.97 Å². The van der Waals surface area contributed by atoms with Gasteiger partial charge in [0.25, 0.3) is 0 Å². The second-order valence-corrected chi connectivity index (χ2v) is 5.10. The van der Waals surface area contributed by atoms with Crippen LogP contribution in [-0.4, -0.2) is 25.7 Å². The first-order valence-electron chi connectivity index (χ1n) is 6.93. The van der Waals surface area contributed by atoms with E-state index in [0.717, 1.165) is 38.0 Å². The maximum absolute atomic E-state index is 13.1. The summed E-state index contributed by atoms with van der Waals surface area (Å²) in [5.41, 5.74) is 0.986. The van der Waals surface area contributed by atoms with Gasteiger partial charge in [0.1, 0.15) is 18.3 Å². The Morgan fingerprint density at radius 2 is 2.37 bits per heavy atom. The summed E-state index contributed by atoms with van der Waals surface area (Å²) in [5.74, 6) is -0.285. The third kappa shape index (κ3) is 4.03. The highest BCUT2D eigenvalue weighted by Gasteiger charge is 2.29. The van der Waals surface area contributed by atoms with Crippen LogP contribution in [-0.2, 0) is 16.1 Å². The number of ether oxygens (including phenoxy) is 1. The van der Waals surface area contributed by atoms with Crippen LogP contribution in [0.15, 0.2) is 24.3 Å². The van der Waals surface area contributed by atoms with Crippen LogP contribution < -0.4 is 4.90 Å². The van der Waals surface area contributed by atoms with Gasteiger partial charge in [-0.1, -0.05) is 12.1 Å². The molecule has 0 bridgehead atoms. The van der Waals surface area contributed by atoms with Crippen LogP contribution in [0, 0.1) is 11.7 Å². The molecule has 1 aliphatic heterocycles. The fraction of sp³-hybridized carbons (Fsp3) is 0.533. The molecule has 1 fully saturated rings. The number of quaternary nitrogens is 1. The van der Waals surface area contributed by atoms with Crippen molar-refractivity contribution in [2.45, 2.75) is 26.3 Å². The minimum Gasteiger partial charge on any atom is -0.466 e. The SMILES string of the molecule is CCOC(=O)[C@@H]1CCC[NH+](Cc2cccc(F)c2)C1. The number of hydrogen-bond donors (Lipinski definition) is 1. The predicted molar refractivity (Wildman–Crippen MR) is 70.2 cm³/mol. The summed E-state index contributed by atoms with van der Waals surface area (Å²) in [4.78, 5) is 13.1. The van der Waals surface area contributed by atoms with Crippen LogP contribution in [0.25, 0.3) is 0 Å². The number of rotatable bonds is 4. The van der Waals surface area contributed by atoms with Crippen LogP contribution in [0.3, 0.4) is 0 Å². The third-order valence-electron chi connectivity index (χ3n) is 3.58. The Morgan fingerprint density at radius 3 is 3.11 bits per heavy atom. The molecule has 104 valence electrons. The van der Waals surface area contributed by atoms with Crippen LogP contribution in [0.2, 0.25) is 0 Å². The molecule has 0 aliphatic carbocycles. The van der Waals surface area contributed by atoms with E-state index in [-0.39, 0.29) is 17.7 Å². The van der Waals surface area contributed by atoms with E-state index in [1.807, 2.05) is 13.0 Å². The molecule has 2 atom stereocenters. The van der Waals surface area contributed by atoms with Crippen molar-refractivity contribution in [3.8, 4) is 0 Å². The highest BCUT2D eigenvalue weighted by molar-refractivity contribution is 5.72. The zero-order chi connectivity index (χ0) is 13.7. The first-order valence-corrected chi connectivity index (χ1v) is 6.93. The molecule has 1 heterocycles. The van der Waals surface area contributed by atoms with E-state index in [4.69, 9.17) is 4.74 Å². The van der Waals surface area contributed by atoms with Crippen LogP contribution >= 0.6 is 0 Å². The zero-order valence-electron chi connectivity index (χ0n) is 11.3. The zero-order valence-corrected chi connectivity index (χ0v) is 11.3. The first kappa shape index (κ1) is 14.0. The number of esters is 1. The number of nitrogens with one attached hydrogen (secondary N) is 1. The molecule has 1 aromatic carbocycles. The molecule has 2 rings (SSSR count). The molecule has 0 spiro atoms. The Morgan fingerprint density at radius 1 is 1.53 bits per heavy atom. The normalized spacial score (nSPS) is 23.1. The molecule has 1 unspecified atom stereocenters. The van der Waals surface area contributed by atoms with Crippen LogP contribution in [0.5, 0.6) is 0 Å². The Kier molecular flexibility index (Phi) is 4.91. The fourth-order valence-corrected chi connectivity index (χ4v) is 2.71. The van der Waals surface area contributed by atoms with Gasteiger partial charge in [-0.3, -0.25) is 4.79 Å².